The molecule has 1 unspecified atom stereocenters. The Kier molecular flexibility index (Phi) is 4.60. The highest BCUT2D eigenvalue weighted by Crippen LogP contribution is 2.21. The molecule has 2 rings (SSSR count). The zero-order valence-corrected chi connectivity index (χ0v) is 12.9. The van der Waals surface area contributed by atoms with Crippen molar-refractivity contribution in [3.8, 4) is 0 Å². The molecule has 0 bridgehead atoms. The van der Waals surface area contributed by atoms with Crippen molar-refractivity contribution in [2.24, 2.45) is 0 Å². The van der Waals surface area contributed by atoms with Gasteiger partial charge in [-0.3, -0.25) is 9.78 Å². The van der Waals surface area contributed by atoms with Gasteiger partial charge >= 0.3 is 0 Å². The predicted octanol–water partition coefficient (Wildman–Crippen LogP) is 0.931. The summed E-state index contributed by atoms with van der Waals surface area (Å²) in [6.07, 6.45) is 1.58. The van der Waals surface area contributed by atoms with Crippen LogP contribution >= 0.6 is 11.3 Å². The van der Waals surface area contributed by atoms with E-state index in [-0.39, 0.29) is 15.4 Å². The van der Waals surface area contributed by atoms with Crippen molar-refractivity contribution >= 4 is 32.4 Å². The normalized spacial score (nSPS) is 12.9. The van der Waals surface area contributed by atoms with Gasteiger partial charge in [-0.2, -0.15) is 0 Å². The maximum absolute atomic E-state index is 12.2. The molecule has 1 amide bonds. The van der Waals surface area contributed by atoms with Gasteiger partial charge in [-0.15, -0.1) is 10.2 Å². The third-order valence-corrected chi connectivity index (χ3v) is 5.13. The van der Waals surface area contributed by atoms with Gasteiger partial charge in [0, 0.05) is 13.1 Å². The first-order chi connectivity index (χ1) is 9.88. The highest BCUT2D eigenvalue weighted by molar-refractivity contribution is 7.91. The van der Waals surface area contributed by atoms with Crippen molar-refractivity contribution < 1.29 is 13.2 Å². The Bertz CT molecular complexity index is 729. The summed E-state index contributed by atoms with van der Waals surface area (Å²) in [7, 11) is -3.82. The molecule has 2 aromatic rings. The summed E-state index contributed by atoms with van der Waals surface area (Å²) in [6, 6.07) is 4.72. The van der Waals surface area contributed by atoms with E-state index in [0.717, 1.165) is 11.3 Å². The average molecular weight is 327 g/mol. The van der Waals surface area contributed by atoms with Crippen molar-refractivity contribution in [1.82, 2.24) is 19.9 Å². The third-order valence-electron chi connectivity index (χ3n) is 2.38. The molecular formula is C11H13N5O3S2. The van der Waals surface area contributed by atoms with Crippen LogP contribution in [0.3, 0.4) is 0 Å². The number of anilines is 1. The SMILES string of the molecule is CC(=O)Nc1nnc(S(=O)(=O)NC(C)c2ccccn2)s1. The number of nitrogens with one attached hydrogen (secondary N) is 2. The van der Waals surface area contributed by atoms with Crippen LogP contribution in [0, 0.1) is 0 Å². The molecule has 0 fully saturated rings. The van der Waals surface area contributed by atoms with Gasteiger partial charge in [-0.25, -0.2) is 13.1 Å². The van der Waals surface area contributed by atoms with Crippen LogP contribution < -0.4 is 10.0 Å². The fraction of sp³-hybridized carbons (Fsp3) is 0.273. The quantitative estimate of drug-likeness (QED) is 0.790. The minimum absolute atomic E-state index is 0.133. The number of pyridine rings is 1. The van der Waals surface area contributed by atoms with Crippen LogP contribution in [0.15, 0.2) is 28.7 Å². The summed E-state index contributed by atoms with van der Waals surface area (Å²) in [5, 5.41) is 9.69. The number of aromatic nitrogens is 3. The number of sulfonamides is 1. The molecule has 21 heavy (non-hydrogen) atoms. The van der Waals surface area contributed by atoms with Gasteiger partial charge in [0.05, 0.1) is 11.7 Å². The zero-order valence-electron chi connectivity index (χ0n) is 11.3. The molecule has 0 spiro atoms. The summed E-state index contributed by atoms with van der Waals surface area (Å²) >= 11 is 0.780. The van der Waals surface area contributed by atoms with E-state index in [9.17, 15) is 13.2 Å². The fourth-order valence-corrected chi connectivity index (χ4v) is 3.67. The Labute approximate surface area is 125 Å². The first kappa shape index (κ1) is 15.5. The largest absolute Gasteiger partial charge is 0.301 e. The molecule has 0 aliphatic carbocycles. The number of hydrogen-bond acceptors (Lipinski definition) is 7. The summed E-state index contributed by atoms with van der Waals surface area (Å²) in [5.41, 5.74) is 0.590. The van der Waals surface area contributed by atoms with Gasteiger partial charge in [-0.05, 0) is 19.1 Å². The molecular weight excluding hydrogens is 314 g/mol. The molecule has 0 aliphatic rings. The van der Waals surface area contributed by atoms with Gasteiger partial charge in [0.2, 0.25) is 15.4 Å². The Balaban J connectivity index is 2.15. The van der Waals surface area contributed by atoms with Gasteiger partial charge in [-0.1, -0.05) is 17.4 Å². The summed E-state index contributed by atoms with van der Waals surface area (Å²) < 4.78 is 26.6. The van der Waals surface area contributed by atoms with Crippen LogP contribution in [-0.2, 0) is 14.8 Å². The number of amides is 1. The molecule has 10 heteroatoms. The fourth-order valence-electron chi connectivity index (χ4n) is 1.50. The van der Waals surface area contributed by atoms with Crippen molar-refractivity contribution in [1.29, 1.82) is 0 Å². The van der Waals surface area contributed by atoms with Crippen LogP contribution in [-0.4, -0.2) is 29.5 Å². The van der Waals surface area contributed by atoms with Crippen molar-refractivity contribution in [2.45, 2.75) is 24.2 Å². The Morgan fingerprint density at radius 1 is 1.33 bits per heavy atom. The lowest BCUT2D eigenvalue weighted by molar-refractivity contribution is -0.114. The molecule has 0 radical (unpaired) electrons. The standard InChI is InChI=1S/C11H13N5O3S2/c1-7(9-5-3-4-6-12-9)16-21(18,19)11-15-14-10(20-11)13-8(2)17/h3-7,16H,1-2H3,(H,13,14,17). The number of carbonyl (C=O) groups excluding carboxylic acids is 1. The molecule has 0 saturated heterocycles. The minimum Gasteiger partial charge on any atom is -0.301 e. The monoisotopic (exact) mass is 327 g/mol. The smallest absolute Gasteiger partial charge is 0.270 e. The van der Waals surface area contributed by atoms with E-state index in [2.05, 4.69) is 25.2 Å². The molecule has 112 valence electrons. The predicted molar refractivity (Wildman–Crippen MR) is 77.2 cm³/mol. The van der Waals surface area contributed by atoms with Crippen molar-refractivity contribution in [2.75, 3.05) is 5.32 Å². The molecule has 8 nitrogen and oxygen atoms in total. The lowest BCUT2D eigenvalue weighted by atomic mass is 10.2. The Hall–Kier alpha value is -1.91. The van der Waals surface area contributed by atoms with E-state index in [4.69, 9.17) is 0 Å². The number of rotatable bonds is 5. The van der Waals surface area contributed by atoms with Gasteiger partial charge in [0.15, 0.2) is 0 Å². The van der Waals surface area contributed by atoms with E-state index >= 15 is 0 Å². The highest BCUT2D eigenvalue weighted by atomic mass is 32.2. The molecule has 0 aromatic carbocycles. The van der Waals surface area contributed by atoms with Crippen LogP contribution in [0.5, 0.6) is 0 Å². The lowest BCUT2D eigenvalue weighted by Gasteiger charge is -2.11. The summed E-state index contributed by atoms with van der Waals surface area (Å²) in [4.78, 5) is 15.0. The van der Waals surface area contributed by atoms with Gasteiger partial charge in [0.25, 0.3) is 10.0 Å². The van der Waals surface area contributed by atoms with Crippen LogP contribution in [0.2, 0.25) is 0 Å². The highest BCUT2D eigenvalue weighted by Gasteiger charge is 2.23. The maximum Gasteiger partial charge on any atom is 0.270 e. The van der Waals surface area contributed by atoms with E-state index in [1.165, 1.54) is 6.92 Å². The second-order valence-electron chi connectivity index (χ2n) is 4.15. The van der Waals surface area contributed by atoms with E-state index in [1.807, 2.05) is 0 Å². The third kappa shape index (κ3) is 4.03. The molecule has 0 aliphatic heterocycles. The molecule has 2 N–H and O–H groups in total. The van der Waals surface area contributed by atoms with Crippen LogP contribution in [0.1, 0.15) is 25.6 Å². The van der Waals surface area contributed by atoms with Crippen molar-refractivity contribution in [3.05, 3.63) is 30.1 Å². The first-order valence-corrected chi connectivity index (χ1v) is 8.23. The van der Waals surface area contributed by atoms with E-state index in [1.54, 1.807) is 31.3 Å². The second kappa shape index (κ2) is 6.24. The van der Waals surface area contributed by atoms with Crippen LogP contribution in [0.4, 0.5) is 5.13 Å². The van der Waals surface area contributed by atoms with Crippen LogP contribution in [0.25, 0.3) is 0 Å². The lowest BCUT2D eigenvalue weighted by Crippen LogP contribution is -2.27. The first-order valence-electron chi connectivity index (χ1n) is 5.93. The van der Waals surface area contributed by atoms with E-state index < -0.39 is 16.1 Å². The summed E-state index contributed by atoms with van der Waals surface area (Å²) in [6.45, 7) is 2.98. The van der Waals surface area contributed by atoms with Crippen molar-refractivity contribution in [3.63, 3.8) is 0 Å². The van der Waals surface area contributed by atoms with E-state index in [0.29, 0.717) is 5.69 Å². The minimum atomic E-state index is -3.82. The number of hydrogen-bond donors (Lipinski definition) is 2. The summed E-state index contributed by atoms with van der Waals surface area (Å²) in [5.74, 6) is -0.343. The molecule has 0 saturated carbocycles. The topological polar surface area (TPSA) is 114 Å². The zero-order chi connectivity index (χ0) is 15.5. The number of carbonyl (C=O) groups is 1. The second-order valence-corrected chi connectivity index (χ2v) is 7.02. The van der Waals surface area contributed by atoms with Gasteiger partial charge in [0.1, 0.15) is 0 Å². The Morgan fingerprint density at radius 3 is 2.71 bits per heavy atom. The maximum atomic E-state index is 12.2. The average Bonchev–Trinajstić information content (AvgIpc) is 2.88. The Morgan fingerprint density at radius 2 is 2.10 bits per heavy atom. The molecule has 1 atom stereocenters. The molecule has 2 aromatic heterocycles. The molecule has 2 heterocycles. The van der Waals surface area contributed by atoms with Gasteiger partial charge < -0.3 is 5.32 Å². The number of nitrogens with zero attached hydrogens (tertiary/aromatic N) is 3.